The van der Waals surface area contributed by atoms with Gasteiger partial charge in [-0.05, 0) is 65.3 Å². The molecule has 1 saturated heterocycles. The van der Waals surface area contributed by atoms with Gasteiger partial charge in [-0.2, -0.15) is 8.42 Å². The maximum absolute atomic E-state index is 11.1. The molecule has 4 nitrogen and oxygen atoms in total. The number of likely N-dealkylation sites (N-methyl/N-ethyl adjacent to an activating group) is 1. The average molecular weight is 311 g/mol. The highest BCUT2D eigenvalue weighted by atomic mass is 32.2. The topological polar surface area (TPSA) is 57.6 Å². The van der Waals surface area contributed by atoms with Crippen molar-refractivity contribution >= 4 is 10.1 Å². The van der Waals surface area contributed by atoms with E-state index >= 15 is 0 Å². The van der Waals surface area contributed by atoms with Crippen LogP contribution in [0.1, 0.15) is 52.0 Å². The van der Waals surface area contributed by atoms with Gasteiger partial charge in [-0.25, -0.2) is 0 Å². The zero-order valence-electron chi connectivity index (χ0n) is 13.4. The van der Waals surface area contributed by atoms with E-state index in [1.54, 1.807) is 0 Å². The molecule has 0 bridgehead atoms. The molecule has 1 unspecified atom stereocenters. The summed E-state index contributed by atoms with van der Waals surface area (Å²) in [5, 5.41) is 0. The maximum Gasteiger partial charge on any atom is 0.294 e. The highest BCUT2D eigenvalue weighted by molar-refractivity contribution is 7.85. The van der Waals surface area contributed by atoms with Crippen molar-refractivity contribution in [1.29, 1.82) is 0 Å². The predicted molar refractivity (Wildman–Crippen MR) is 84.2 cm³/mol. The summed E-state index contributed by atoms with van der Waals surface area (Å²) in [6.07, 6.45) is 2.16. The fourth-order valence-corrected chi connectivity index (χ4v) is 3.96. The van der Waals surface area contributed by atoms with Crippen LogP contribution in [0.2, 0.25) is 0 Å². The van der Waals surface area contributed by atoms with Crippen LogP contribution < -0.4 is 0 Å². The Hall–Kier alpha value is -0.910. The third-order valence-corrected chi connectivity index (χ3v) is 6.12. The number of rotatable bonds is 2. The average Bonchev–Trinajstić information content (AvgIpc) is 2.35. The molecule has 21 heavy (non-hydrogen) atoms. The van der Waals surface area contributed by atoms with Crippen molar-refractivity contribution in [1.82, 2.24) is 4.90 Å². The molecule has 5 heteroatoms. The lowest BCUT2D eigenvalue weighted by Gasteiger charge is -2.55. The summed E-state index contributed by atoms with van der Waals surface area (Å²) in [6.45, 7) is 8.98. The molecule has 0 amide bonds. The molecule has 1 heterocycles. The summed E-state index contributed by atoms with van der Waals surface area (Å²) < 4.78 is 31.3. The van der Waals surface area contributed by atoms with E-state index in [-0.39, 0.29) is 16.0 Å². The van der Waals surface area contributed by atoms with Crippen LogP contribution in [-0.2, 0) is 10.1 Å². The molecule has 1 aliphatic heterocycles. The highest BCUT2D eigenvalue weighted by Gasteiger charge is 2.45. The molecule has 1 aromatic rings. The Kier molecular flexibility index (Phi) is 3.98. The first kappa shape index (κ1) is 16.5. The van der Waals surface area contributed by atoms with Gasteiger partial charge in [-0.1, -0.05) is 12.1 Å². The fraction of sp³-hybridized carbons (Fsp3) is 0.625. The minimum absolute atomic E-state index is 0.0125. The molecule has 2 rings (SSSR count). The maximum atomic E-state index is 11.1. The van der Waals surface area contributed by atoms with Crippen molar-refractivity contribution in [3.8, 4) is 0 Å². The van der Waals surface area contributed by atoms with Gasteiger partial charge in [0.2, 0.25) is 0 Å². The van der Waals surface area contributed by atoms with Crippen LogP contribution >= 0.6 is 0 Å². The molecule has 0 spiro atoms. The van der Waals surface area contributed by atoms with E-state index in [9.17, 15) is 8.42 Å². The molecule has 1 N–H and O–H groups in total. The van der Waals surface area contributed by atoms with Gasteiger partial charge in [0, 0.05) is 17.0 Å². The van der Waals surface area contributed by atoms with Crippen LogP contribution in [0.25, 0.3) is 0 Å². The van der Waals surface area contributed by atoms with Crippen molar-refractivity contribution in [2.24, 2.45) is 0 Å². The lowest BCUT2D eigenvalue weighted by Crippen LogP contribution is -2.59. The number of hydrogen-bond acceptors (Lipinski definition) is 3. The Balaban J connectivity index is 2.34. The first-order valence-electron chi connectivity index (χ1n) is 7.27. The zero-order valence-corrected chi connectivity index (χ0v) is 14.2. The van der Waals surface area contributed by atoms with E-state index in [2.05, 4.69) is 39.6 Å². The van der Waals surface area contributed by atoms with E-state index in [1.165, 1.54) is 12.1 Å². The molecule has 0 saturated carbocycles. The Bertz CT molecular complexity index is 617. The number of likely N-dealkylation sites (tertiary alicyclic amines) is 1. The molecule has 1 aromatic carbocycles. The second-order valence-corrected chi connectivity index (χ2v) is 8.58. The van der Waals surface area contributed by atoms with Crippen molar-refractivity contribution < 1.29 is 13.0 Å². The Labute approximate surface area is 127 Å². The second-order valence-electron chi connectivity index (χ2n) is 7.16. The van der Waals surface area contributed by atoms with Gasteiger partial charge in [0.05, 0.1) is 4.90 Å². The van der Waals surface area contributed by atoms with Crippen LogP contribution in [0.3, 0.4) is 0 Å². The Morgan fingerprint density at radius 2 is 1.67 bits per heavy atom. The van der Waals surface area contributed by atoms with Gasteiger partial charge in [0.1, 0.15) is 0 Å². The zero-order chi connectivity index (χ0) is 16.1. The fourth-order valence-electron chi connectivity index (χ4n) is 3.48. The Morgan fingerprint density at radius 1 is 1.14 bits per heavy atom. The minimum Gasteiger partial charge on any atom is -0.296 e. The first-order chi connectivity index (χ1) is 9.46. The lowest BCUT2D eigenvalue weighted by molar-refractivity contribution is -0.0188. The van der Waals surface area contributed by atoms with E-state index in [0.29, 0.717) is 5.92 Å². The molecular formula is C16H25NO3S. The molecule has 1 aliphatic rings. The molecule has 1 atom stereocenters. The van der Waals surface area contributed by atoms with E-state index in [0.717, 1.165) is 18.4 Å². The summed E-state index contributed by atoms with van der Waals surface area (Å²) in [5.74, 6) is 0.339. The minimum atomic E-state index is -4.12. The lowest BCUT2D eigenvalue weighted by atomic mass is 9.70. The summed E-state index contributed by atoms with van der Waals surface area (Å²) >= 11 is 0. The molecule has 0 radical (unpaired) electrons. The first-order valence-corrected chi connectivity index (χ1v) is 8.72. The number of nitrogens with zero attached hydrogens (tertiary/aromatic N) is 1. The van der Waals surface area contributed by atoms with Crippen molar-refractivity contribution in [3.05, 3.63) is 29.8 Å². The number of benzene rings is 1. The SMILES string of the molecule is CN1C(C)(C)CCC(c2ccc(S(=O)(=O)O)cc2)C1(C)C. The summed E-state index contributed by atoms with van der Waals surface area (Å²) in [5.41, 5.74) is 1.27. The highest BCUT2D eigenvalue weighted by Crippen LogP contribution is 2.45. The smallest absolute Gasteiger partial charge is 0.294 e. The molecule has 1 fully saturated rings. The molecule has 0 aromatic heterocycles. The van der Waals surface area contributed by atoms with Crippen LogP contribution in [0.5, 0.6) is 0 Å². The number of hydrogen-bond donors (Lipinski definition) is 1. The second kappa shape index (κ2) is 5.07. The standard InChI is InChI=1S/C16H25NO3S/c1-15(2)11-10-14(16(3,4)17(15)5)12-6-8-13(9-7-12)21(18,19)20/h6-9,14H,10-11H2,1-5H3,(H,18,19,20). The summed E-state index contributed by atoms with van der Waals surface area (Å²) in [4.78, 5) is 2.36. The van der Waals surface area contributed by atoms with Crippen molar-refractivity contribution in [2.45, 2.75) is 62.4 Å². The van der Waals surface area contributed by atoms with Gasteiger partial charge >= 0.3 is 0 Å². The van der Waals surface area contributed by atoms with Gasteiger partial charge in [-0.3, -0.25) is 9.45 Å². The molecule has 0 aliphatic carbocycles. The van der Waals surface area contributed by atoms with Gasteiger partial charge < -0.3 is 0 Å². The molecule has 118 valence electrons. The summed E-state index contributed by atoms with van der Waals surface area (Å²) in [6, 6.07) is 6.62. The largest absolute Gasteiger partial charge is 0.296 e. The van der Waals surface area contributed by atoms with Crippen molar-refractivity contribution in [2.75, 3.05) is 7.05 Å². The summed E-state index contributed by atoms with van der Waals surface area (Å²) in [7, 11) is -1.97. The van der Waals surface area contributed by atoms with E-state index in [4.69, 9.17) is 4.55 Å². The Morgan fingerprint density at radius 3 is 2.14 bits per heavy atom. The van der Waals surface area contributed by atoms with Crippen LogP contribution in [0.15, 0.2) is 29.2 Å². The third kappa shape index (κ3) is 3.00. The normalized spacial score (nSPS) is 25.7. The monoisotopic (exact) mass is 311 g/mol. The van der Waals surface area contributed by atoms with Gasteiger partial charge in [0.15, 0.2) is 0 Å². The van der Waals surface area contributed by atoms with Gasteiger partial charge in [0.25, 0.3) is 10.1 Å². The van der Waals surface area contributed by atoms with Crippen LogP contribution in [0, 0.1) is 0 Å². The van der Waals surface area contributed by atoms with E-state index in [1.807, 2.05) is 12.1 Å². The predicted octanol–water partition coefficient (Wildman–Crippen LogP) is 3.30. The third-order valence-electron chi connectivity index (χ3n) is 5.25. The van der Waals surface area contributed by atoms with Crippen molar-refractivity contribution in [3.63, 3.8) is 0 Å². The molecular weight excluding hydrogens is 286 g/mol. The quantitative estimate of drug-likeness (QED) is 0.851. The number of piperidine rings is 1. The van der Waals surface area contributed by atoms with Gasteiger partial charge in [-0.15, -0.1) is 0 Å². The van der Waals surface area contributed by atoms with Crippen LogP contribution in [-0.4, -0.2) is 36.0 Å². The van der Waals surface area contributed by atoms with E-state index < -0.39 is 10.1 Å². The van der Waals surface area contributed by atoms with Crippen LogP contribution in [0.4, 0.5) is 0 Å².